The van der Waals surface area contributed by atoms with Gasteiger partial charge in [-0.15, -0.1) is 0 Å². The molecule has 6 heteroatoms. The van der Waals surface area contributed by atoms with Crippen LogP contribution in [0.1, 0.15) is 16.7 Å². The highest BCUT2D eigenvalue weighted by Gasteiger charge is 2.14. The quantitative estimate of drug-likeness (QED) is 0.850. The van der Waals surface area contributed by atoms with E-state index < -0.39 is 10.0 Å². The molecule has 0 aliphatic rings. The smallest absolute Gasteiger partial charge is 0.261 e. The molecule has 0 aromatic heterocycles. The molecule has 3 N–H and O–H groups in total. The molecule has 0 aliphatic carbocycles. The first-order chi connectivity index (χ1) is 9.79. The Labute approximate surface area is 130 Å². The van der Waals surface area contributed by atoms with E-state index in [0.717, 1.165) is 11.1 Å². The van der Waals surface area contributed by atoms with Gasteiger partial charge in [-0.05, 0) is 49.2 Å². The number of sulfonamides is 1. The van der Waals surface area contributed by atoms with Crippen molar-refractivity contribution in [2.45, 2.75) is 18.7 Å². The predicted octanol–water partition coefficient (Wildman–Crippen LogP) is 2.74. The molecule has 0 radical (unpaired) electrons. The van der Waals surface area contributed by atoms with Crippen molar-refractivity contribution in [2.75, 3.05) is 4.72 Å². The molecule has 0 saturated carbocycles. The zero-order chi connectivity index (χ0) is 15.6. The molecular weight excluding hydrogens is 304 g/mol. The minimum atomic E-state index is -3.62. The standard InChI is InChI=1S/C15H16N2O2S2/c1-10-3-6-13(9-11(10)2)17-21(18,19)14-7-4-12(5-8-14)15(16)20/h3-9,17H,1-2H3,(H2,16,20). The summed E-state index contributed by atoms with van der Waals surface area (Å²) in [6, 6.07) is 11.6. The number of rotatable bonds is 4. The number of benzene rings is 2. The highest BCUT2D eigenvalue weighted by molar-refractivity contribution is 7.92. The Hall–Kier alpha value is -1.92. The van der Waals surface area contributed by atoms with E-state index in [0.29, 0.717) is 11.3 Å². The maximum absolute atomic E-state index is 12.3. The van der Waals surface area contributed by atoms with Gasteiger partial charge in [-0.3, -0.25) is 4.72 Å². The number of hydrogen-bond acceptors (Lipinski definition) is 3. The van der Waals surface area contributed by atoms with Gasteiger partial charge < -0.3 is 5.73 Å². The minimum absolute atomic E-state index is 0.167. The molecule has 0 aliphatic heterocycles. The van der Waals surface area contributed by atoms with Crippen LogP contribution < -0.4 is 10.5 Å². The molecule has 0 spiro atoms. The van der Waals surface area contributed by atoms with Crippen LogP contribution in [0.5, 0.6) is 0 Å². The molecule has 0 amide bonds. The van der Waals surface area contributed by atoms with Crippen LogP contribution in [0, 0.1) is 13.8 Å². The van der Waals surface area contributed by atoms with Crippen molar-refractivity contribution >= 4 is 32.9 Å². The lowest BCUT2D eigenvalue weighted by molar-refractivity contribution is 0.601. The second-order valence-electron chi connectivity index (χ2n) is 4.79. The SMILES string of the molecule is Cc1ccc(NS(=O)(=O)c2ccc(C(N)=S)cc2)cc1C. The molecule has 0 unspecified atom stereocenters. The molecule has 0 bridgehead atoms. The fourth-order valence-corrected chi connectivity index (χ4v) is 3.00. The van der Waals surface area contributed by atoms with Gasteiger partial charge in [-0.25, -0.2) is 8.42 Å². The Bertz CT molecular complexity index is 782. The van der Waals surface area contributed by atoms with E-state index in [2.05, 4.69) is 4.72 Å². The molecule has 2 rings (SSSR count). The lowest BCUT2D eigenvalue weighted by atomic mass is 10.1. The molecular formula is C15H16N2O2S2. The van der Waals surface area contributed by atoms with Gasteiger partial charge in [0.25, 0.3) is 10.0 Å². The predicted molar refractivity (Wildman–Crippen MR) is 89.1 cm³/mol. The summed E-state index contributed by atoms with van der Waals surface area (Å²) in [6.45, 7) is 3.91. The maximum Gasteiger partial charge on any atom is 0.261 e. The topological polar surface area (TPSA) is 72.2 Å². The van der Waals surface area contributed by atoms with Crippen molar-refractivity contribution in [1.29, 1.82) is 0 Å². The van der Waals surface area contributed by atoms with Crippen molar-refractivity contribution < 1.29 is 8.42 Å². The Morgan fingerprint density at radius 1 is 1.05 bits per heavy atom. The van der Waals surface area contributed by atoms with Gasteiger partial charge in [0.2, 0.25) is 0 Å². The number of nitrogens with one attached hydrogen (secondary N) is 1. The third-order valence-corrected chi connectivity index (χ3v) is 4.84. The number of anilines is 1. The van der Waals surface area contributed by atoms with Crippen molar-refractivity contribution in [3.8, 4) is 0 Å². The van der Waals surface area contributed by atoms with Crippen LogP contribution in [0.25, 0.3) is 0 Å². The molecule has 110 valence electrons. The second-order valence-corrected chi connectivity index (χ2v) is 6.92. The molecule has 2 aromatic carbocycles. The molecule has 0 atom stereocenters. The minimum Gasteiger partial charge on any atom is -0.389 e. The zero-order valence-corrected chi connectivity index (χ0v) is 13.4. The van der Waals surface area contributed by atoms with Crippen LogP contribution in [0.2, 0.25) is 0 Å². The molecule has 0 saturated heterocycles. The highest BCUT2D eigenvalue weighted by Crippen LogP contribution is 2.19. The van der Waals surface area contributed by atoms with E-state index in [-0.39, 0.29) is 9.88 Å². The molecule has 0 fully saturated rings. The third kappa shape index (κ3) is 3.59. The Balaban J connectivity index is 2.29. The average Bonchev–Trinajstić information content (AvgIpc) is 2.43. The number of thiocarbonyl (C=S) groups is 1. The van der Waals surface area contributed by atoms with Crippen LogP contribution >= 0.6 is 12.2 Å². The van der Waals surface area contributed by atoms with E-state index >= 15 is 0 Å². The maximum atomic E-state index is 12.3. The molecule has 4 nitrogen and oxygen atoms in total. The van der Waals surface area contributed by atoms with Crippen LogP contribution in [0.3, 0.4) is 0 Å². The summed E-state index contributed by atoms with van der Waals surface area (Å²) in [7, 11) is -3.62. The number of nitrogens with two attached hydrogens (primary N) is 1. The Kier molecular flexibility index (Phi) is 4.29. The van der Waals surface area contributed by atoms with Crippen molar-refractivity contribution in [3.63, 3.8) is 0 Å². The van der Waals surface area contributed by atoms with Gasteiger partial charge in [0.15, 0.2) is 0 Å². The zero-order valence-electron chi connectivity index (χ0n) is 11.8. The summed E-state index contributed by atoms with van der Waals surface area (Å²) in [5.74, 6) is 0. The first-order valence-corrected chi connectivity index (χ1v) is 8.19. The fourth-order valence-electron chi connectivity index (χ4n) is 1.82. The third-order valence-electron chi connectivity index (χ3n) is 3.21. The van der Waals surface area contributed by atoms with E-state index in [4.69, 9.17) is 18.0 Å². The first-order valence-electron chi connectivity index (χ1n) is 6.29. The van der Waals surface area contributed by atoms with Gasteiger partial charge >= 0.3 is 0 Å². The van der Waals surface area contributed by atoms with Gasteiger partial charge in [0.05, 0.1) is 4.90 Å². The van der Waals surface area contributed by atoms with E-state index in [9.17, 15) is 8.42 Å². The summed E-state index contributed by atoms with van der Waals surface area (Å²) in [6.07, 6.45) is 0. The summed E-state index contributed by atoms with van der Waals surface area (Å²) in [5, 5.41) is 0. The van der Waals surface area contributed by atoms with Crippen molar-refractivity contribution in [2.24, 2.45) is 5.73 Å². The van der Waals surface area contributed by atoms with Gasteiger partial charge in [-0.1, -0.05) is 30.4 Å². The largest absolute Gasteiger partial charge is 0.389 e. The van der Waals surface area contributed by atoms with Gasteiger partial charge in [0.1, 0.15) is 4.99 Å². The lowest BCUT2D eigenvalue weighted by Crippen LogP contribution is -2.14. The summed E-state index contributed by atoms with van der Waals surface area (Å²) < 4.78 is 27.2. The number of aryl methyl sites for hydroxylation is 2. The van der Waals surface area contributed by atoms with Gasteiger partial charge in [0, 0.05) is 11.3 Å². The Morgan fingerprint density at radius 2 is 1.67 bits per heavy atom. The van der Waals surface area contributed by atoms with Crippen LogP contribution in [0.4, 0.5) is 5.69 Å². The van der Waals surface area contributed by atoms with Crippen molar-refractivity contribution in [1.82, 2.24) is 0 Å². The average molecular weight is 320 g/mol. The monoisotopic (exact) mass is 320 g/mol. The highest BCUT2D eigenvalue weighted by atomic mass is 32.2. The van der Waals surface area contributed by atoms with E-state index in [1.807, 2.05) is 19.9 Å². The molecule has 2 aromatic rings. The fraction of sp³-hybridized carbons (Fsp3) is 0.133. The number of hydrogen-bond donors (Lipinski definition) is 2. The first kappa shape index (κ1) is 15.5. The lowest BCUT2D eigenvalue weighted by Gasteiger charge is -2.10. The normalized spacial score (nSPS) is 11.1. The van der Waals surface area contributed by atoms with E-state index in [1.54, 1.807) is 24.3 Å². The second kappa shape index (κ2) is 5.83. The van der Waals surface area contributed by atoms with Gasteiger partial charge in [-0.2, -0.15) is 0 Å². The van der Waals surface area contributed by atoms with Crippen molar-refractivity contribution in [3.05, 3.63) is 59.2 Å². The van der Waals surface area contributed by atoms with Crippen LogP contribution in [0.15, 0.2) is 47.4 Å². The van der Waals surface area contributed by atoms with Crippen LogP contribution in [-0.2, 0) is 10.0 Å². The summed E-state index contributed by atoms with van der Waals surface area (Å²) in [4.78, 5) is 0.404. The van der Waals surface area contributed by atoms with E-state index in [1.165, 1.54) is 12.1 Å². The summed E-state index contributed by atoms with van der Waals surface area (Å²) >= 11 is 4.84. The Morgan fingerprint density at radius 3 is 2.19 bits per heavy atom. The molecule has 21 heavy (non-hydrogen) atoms. The summed E-state index contributed by atoms with van der Waals surface area (Å²) in [5.41, 5.74) is 8.80. The van der Waals surface area contributed by atoms with Crippen LogP contribution in [-0.4, -0.2) is 13.4 Å². The molecule has 0 heterocycles.